The van der Waals surface area contributed by atoms with Gasteiger partial charge in [0, 0.05) is 93.7 Å². The zero-order chi connectivity index (χ0) is 44.9. The summed E-state index contributed by atoms with van der Waals surface area (Å²) in [5.41, 5.74) is 6.25. The number of hydrogen-bond donors (Lipinski definition) is 1. The second-order valence-corrected chi connectivity index (χ2v) is 18.7. The van der Waals surface area contributed by atoms with E-state index in [0.717, 1.165) is 45.7 Å². The van der Waals surface area contributed by atoms with Gasteiger partial charge in [0.05, 0.1) is 41.6 Å². The molecule has 0 radical (unpaired) electrons. The van der Waals surface area contributed by atoms with E-state index in [1.54, 1.807) is 49.1 Å². The molecule has 2 aromatic heterocycles. The first-order chi connectivity index (χ1) is 30.6. The Labute approximate surface area is 368 Å². The standard InChI is InChI=1S/C46H50F2N10O6/c1-25(59)55-22-34-40(46(2,3)24-55)58(51-42(34)56-13-5-6-26-16-30(35-9-12-49-52(35)4)31(41(47)48)19-37(26)56)29-10-14-54(15-11-29)39(61)23-53-20-27-17-32-33(18-28(27)21-53)45(64)57(44(32)63)36-7-8-38(60)50-43(36)62/h9,12,16-19,29,36,41H,5-8,10-11,13-15,20-24H2,1-4H3,(H,50,60,62). The highest BCUT2D eigenvalue weighted by Gasteiger charge is 2.46. The van der Waals surface area contributed by atoms with Gasteiger partial charge in [-0.25, -0.2) is 8.78 Å². The summed E-state index contributed by atoms with van der Waals surface area (Å²) < 4.78 is 33.4. The highest BCUT2D eigenvalue weighted by Crippen LogP contribution is 2.46. The summed E-state index contributed by atoms with van der Waals surface area (Å²) >= 11 is 0. The maximum atomic E-state index is 14.8. The fourth-order valence-electron chi connectivity index (χ4n) is 10.9. The minimum atomic E-state index is -2.72. The summed E-state index contributed by atoms with van der Waals surface area (Å²) in [6.07, 6.45) is 1.82. The summed E-state index contributed by atoms with van der Waals surface area (Å²) in [7, 11) is 1.74. The number of halogens is 2. The molecule has 10 rings (SSSR count). The molecule has 18 heteroatoms. The van der Waals surface area contributed by atoms with Crippen LogP contribution < -0.4 is 10.2 Å². The molecule has 0 bridgehead atoms. The van der Waals surface area contributed by atoms with E-state index in [1.807, 2.05) is 20.8 Å². The Kier molecular flexibility index (Phi) is 10.1. The maximum Gasteiger partial charge on any atom is 0.264 e. The molecule has 4 aromatic rings. The molecule has 2 saturated heterocycles. The van der Waals surface area contributed by atoms with Crippen LogP contribution in [0.3, 0.4) is 0 Å². The van der Waals surface area contributed by atoms with Crippen LogP contribution in [0.15, 0.2) is 36.5 Å². The Morgan fingerprint density at radius 3 is 2.19 bits per heavy atom. The summed E-state index contributed by atoms with van der Waals surface area (Å²) in [6, 6.07) is 7.54. The topological polar surface area (TPSA) is 166 Å². The molecule has 0 saturated carbocycles. The Morgan fingerprint density at radius 1 is 0.875 bits per heavy atom. The number of benzene rings is 2. The Balaban J connectivity index is 0.864. The smallest absolute Gasteiger partial charge is 0.264 e. The lowest BCUT2D eigenvalue weighted by Crippen LogP contribution is -2.54. The highest BCUT2D eigenvalue weighted by molar-refractivity contribution is 6.23. The molecule has 6 aliphatic heterocycles. The molecule has 6 amide bonds. The van der Waals surface area contributed by atoms with E-state index >= 15 is 0 Å². The van der Waals surface area contributed by atoms with Gasteiger partial charge in [0.15, 0.2) is 5.82 Å². The molecule has 8 heterocycles. The number of carbonyl (C=O) groups excluding carboxylic acids is 6. The average molecular weight is 877 g/mol. The number of carbonyl (C=O) groups is 6. The van der Waals surface area contributed by atoms with Crippen molar-refractivity contribution in [1.29, 1.82) is 0 Å². The number of fused-ring (bicyclic) bond motifs is 4. The summed E-state index contributed by atoms with van der Waals surface area (Å²) in [5.74, 6) is -1.60. The van der Waals surface area contributed by atoms with Crippen LogP contribution >= 0.6 is 0 Å². The molecule has 1 atom stereocenters. The van der Waals surface area contributed by atoms with Crippen LogP contribution in [0.4, 0.5) is 20.3 Å². The average Bonchev–Trinajstić information content (AvgIpc) is 4.03. The molecular formula is C46H50F2N10O6. The number of piperidine rings is 2. The van der Waals surface area contributed by atoms with E-state index in [0.29, 0.717) is 81.4 Å². The summed E-state index contributed by atoms with van der Waals surface area (Å²) in [5, 5.41) is 11.8. The molecule has 334 valence electrons. The Bertz CT molecular complexity index is 2640. The van der Waals surface area contributed by atoms with Crippen molar-refractivity contribution in [2.45, 2.75) is 103 Å². The van der Waals surface area contributed by atoms with Gasteiger partial charge in [0.1, 0.15) is 6.04 Å². The zero-order valence-electron chi connectivity index (χ0n) is 36.3. The molecule has 6 aliphatic rings. The van der Waals surface area contributed by atoms with E-state index in [2.05, 4.69) is 33.8 Å². The third kappa shape index (κ3) is 6.87. The van der Waals surface area contributed by atoms with Crippen LogP contribution in [0.5, 0.6) is 0 Å². The van der Waals surface area contributed by atoms with Crippen molar-refractivity contribution in [2.75, 3.05) is 37.6 Å². The largest absolute Gasteiger partial charge is 0.341 e. The molecule has 1 unspecified atom stereocenters. The van der Waals surface area contributed by atoms with Crippen LogP contribution in [0.2, 0.25) is 0 Å². The molecular weight excluding hydrogens is 827 g/mol. The van der Waals surface area contributed by atoms with Gasteiger partial charge in [-0.15, -0.1) is 0 Å². The first kappa shape index (κ1) is 41.7. The third-order valence-electron chi connectivity index (χ3n) is 14.0. The van der Waals surface area contributed by atoms with Crippen LogP contribution in [0.1, 0.15) is 120 Å². The van der Waals surface area contributed by atoms with Crippen LogP contribution in [0.25, 0.3) is 11.3 Å². The van der Waals surface area contributed by atoms with Gasteiger partial charge in [-0.05, 0) is 79.1 Å². The second-order valence-electron chi connectivity index (χ2n) is 18.7. The number of nitrogens with one attached hydrogen (secondary N) is 1. The lowest BCUT2D eigenvalue weighted by molar-refractivity contribution is -0.136. The second kappa shape index (κ2) is 15.5. The number of imide groups is 2. The predicted octanol–water partition coefficient (Wildman–Crippen LogP) is 4.53. The molecule has 2 fully saturated rings. The highest BCUT2D eigenvalue weighted by atomic mass is 19.3. The van der Waals surface area contributed by atoms with Gasteiger partial charge in [-0.2, -0.15) is 10.2 Å². The zero-order valence-corrected chi connectivity index (χ0v) is 36.3. The maximum absolute atomic E-state index is 14.8. The van der Waals surface area contributed by atoms with Crippen molar-refractivity contribution in [3.8, 4) is 11.3 Å². The lowest BCUT2D eigenvalue weighted by Gasteiger charge is -2.41. The first-order valence-corrected chi connectivity index (χ1v) is 22.0. The van der Waals surface area contributed by atoms with Crippen molar-refractivity contribution in [1.82, 2.24) is 44.5 Å². The molecule has 1 N–H and O–H groups in total. The number of aryl methyl sites for hydroxylation is 2. The van der Waals surface area contributed by atoms with E-state index < -0.39 is 41.5 Å². The van der Waals surface area contributed by atoms with Gasteiger partial charge in [0.2, 0.25) is 23.6 Å². The quantitative estimate of drug-likeness (QED) is 0.261. The minimum Gasteiger partial charge on any atom is -0.341 e. The number of likely N-dealkylation sites (tertiary alicyclic amines) is 1. The van der Waals surface area contributed by atoms with Gasteiger partial charge in [-0.1, -0.05) is 13.8 Å². The fraction of sp³-hybridized carbons (Fsp3) is 0.478. The Morgan fingerprint density at radius 2 is 1.56 bits per heavy atom. The third-order valence-corrected chi connectivity index (χ3v) is 14.0. The van der Waals surface area contributed by atoms with Gasteiger partial charge in [0.25, 0.3) is 18.2 Å². The van der Waals surface area contributed by atoms with Crippen molar-refractivity contribution in [2.24, 2.45) is 7.05 Å². The normalized spacial score (nSPS) is 21.1. The lowest BCUT2D eigenvalue weighted by atomic mass is 9.82. The molecule has 16 nitrogen and oxygen atoms in total. The molecule has 0 aliphatic carbocycles. The predicted molar refractivity (Wildman–Crippen MR) is 227 cm³/mol. The number of aromatic nitrogens is 4. The van der Waals surface area contributed by atoms with Crippen molar-refractivity contribution >= 4 is 46.9 Å². The number of nitrogens with zero attached hydrogens (tertiary/aromatic N) is 9. The number of rotatable bonds is 7. The monoisotopic (exact) mass is 876 g/mol. The molecule has 2 aromatic carbocycles. The van der Waals surface area contributed by atoms with Crippen molar-refractivity contribution in [3.05, 3.63) is 81.2 Å². The first-order valence-electron chi connectivity index (χ1n) is 22.0. The minimum absolute atomic E-state index is 0.0270. The summed E-state index contributed by atoms with van der Waals surface area (Å²) in [6.45, 7) is 9.22. The van der Waals surface area contributed by atoms with E-state index in [4.69, 9.17) is 5.10 Å². The summed E-state index contributed by atoms with van der Waals surface area (Å²) in [4.78, 5) is 86.6. The fourth-order valence-corrected chi connectivity index (χ4v) is 10.9. The van der Waals surface area contributed by atoms with E-state index in [-0.39, 0.29) is 53.9 Å². The molecule has 0 spiro atoms. The van der Waals surface area contributed by atoms with E-state index in [9.17, 15) is 37.5 Å². The van der Waals surface area contributed by atoms with Crippen LogP contribution in [0, 0.1) is 0 Å². The van der Waals surface area contributed by atoms with Crippen molar-refractivity contribution < 1.29 is 37.5 Å². The number of alkyl halides is 2. The van der Waals surface area contributed by atoms with Gasteiger partial charge < -0.3 is 14.7 Å². The van der Waals surface area contributed by atoms with Crippen LogP contribution in [-0.4, -0.2) is 113 Å². The number of hydrogen-bond acceptors (Lipinski definition) is 10. The molecule has 64 heavy (non-hydrogen) atoms. The van der Waals surface area contributed by atoms with Gasteiger partial charge in [-0.3, -0.25) is 53.2 Å². The number of anilines is 2. The van der Waals surface area contributed by atoms with Gasteiger partial charge >= 0.3 is 0 Å². The van der Waals surface area contributed by atoms with E-state index in [1.165, 1.54) is 0 Å². The Hall–Kier alpha value is -6.30. The van der Waals surface area contributed by atoms with Crippen LogP contribution in [-0.2, 0) is 57.7 Å². The SMILES string of the molecule is CC(=O)N1Cc2c(N3CCCc4cc(-c5ccnn5C)c(C(F)F)cc43)nn(C3CCN(C(=O)CN4Cc5cc6c(cc5C4)C(=O)N(C4CCC(=O)NC4=O)C6=O)CC3)c2C(C)(C)C1. The van der Waals surface area contributed by atoms with Crippen molar-refractivity contribution in [3.63, 3.8) is 0 Å². The number of amides is 6.